The van der Waals surface area contributed by atoms with Crippen LogP contribution in [0.15, 0.2) is 24.3 Å². The van der Waals surface area contributed by atoms with Crippen LogP contribution in [-0.2, 0) is 19.7 Å². The molecule has 0 aliphatic rings. The van der Waals surface area contributed by atoms with Crippen LogP contribution in [0.2, 0.25) is 0 Å². The van der Waals surface area contributed by atoms with Gasteiger partial charge in [-0.05, 0) is 25.5 Å². The Labute approximate surface area is 112 Å². The first-order valence-electron chi connectivity index (χ1n) is 6.03. The molecule has 0 bridgehead atoms. The quantitative estimate of drug-likeness (QED) is 0.770. The normalized spacial score (nSPS) is 10.9. The van der Waals surface area contributed by atoms with Crippen LogP contribution in [0.25, 0.3) is 0 Å². The summed E-state index contributed by atoms with van der Waals surface area (Å²) in [6, 6.07) is 7.19. The molecule has 0 aliphatic heterocycles. The molecule has 0 unspecified atom stereocenters. The molecule has 0 aliphatic carbocycles. The molecule has 0 aromatic heterocycles. The summed E-state index contributed by atoms with van der Waals surface area (Å²) in [5.41, 5.74) is 0.417. The number of carboxylic acids is 1. The monoisotopic (exact) mass is 265 g/mol. The standard InChI is InChI=1S/C14H19NO4/c1-14(2,13(17)18)10-6-4-5-7-11(10)15-9-8-12(16)19-3/h4-7,15H,8-9H2,1-3H3,(H,17,18). The summed E-state index contributed by atoms with van der Waals surface area (Å²) in [4.78, 5) is 22.3. The van der Waals surface area contributed by atoms with E-state index in [2.05, 4.69) is 10.1 Å². The van der Waals surface area contributed by atoms with Crippen molar-refractivity contribution in [3.8, 4) is 0 Å². The number of ether oxygens (including phenoxy) is 1. The Balaban J connectivity index is 2.85. The SMILES string of the molecule is COC(=O)CCNc1ccccc1C(C)(C)C(=O)O. The maximum Gasteiger partial charge on any atom is 0.313 e. The molecule has 104 valence electrons. The molecule has 0 radical (unpaired) electrons. The Bertz CT molecular complexity index is 468. The number of anilines is 1. The number of hydrogen-bond donors (Lipinski definition) is 2. The summed E-state index contributed by atoms with van der Waals surface area (Å²) in [6.07, 6.45) is 0.234. The van der Waals surface area contributed by atoms with Crippen molar-refractivity contribution in [2.75, 3.05) is 19.0 Å². The minimum absolute atomic E-state index is 0.234. The number of nitrogens with one attached hydrogen (secondary N) is 1. The van der Waals surface area contributed by atoms with Gasteiger partial charge in [-0.3, -0.25) is 9.59 Å². The van der Waals surface area contributed by atoms with Gasteiger partial charge < -0.3 is 15.2 Å². The minimum atomic E-state index is -0.991. The first-order valence-corrected chi connectivity index (χ1v) is 6.03. The van der Waals surface area contributed by atoms with E-state index in [1.54, 1.807) is 32.0 Å². The molecular weight excluding hydrogens is 246 g/mol. The Morgan fingerprint density at radius 3 is 2.53 bits per heavy atom. The van der Waals surface area contributed by atoms with E-state index in [9.17, 15) is 14.7 Å². The molecule has 5 nitrogen and oxygen atoms in total. The number of aliphatic carboxylic acids is 1. The van der Waals surface area contributed by atoms with Crippen LogP contribution in [0, 0.1) is 0 Å². The molecule has 1 aromatic rings. The van der Waals surface area contributed by atoms with E-state index in [0.717, 1.165) is 5.69 Å². The highest BCUT2D eigenvalue weighted by Gasteiger charge is 2.31. The first-order chi connectivity index (χ1) is 8.89. The van der Waals surface area contributed by atoms with Crippen molar-refractivity contribution < 1.29 is 19.4 Å². The third-order valence-corrected chi connectivity index (χ3v) is 3.01. The molecule has 1 aromatic carbocycles. The van der Waals surface area contributed by atoms with Gasteiger partial charge in [0.2, 0.25) is 0 Å². The summed E-state index contributed by atoms with van der Waals surface area (Å²) in [5, 5.41) is 12.3. The van der Waals surface area contributed by atoms with Gasteiger partial charge in [-0.2, -0.15) is 0 Å². The summed E-state index contributed by atoms with van der Waals surface area (Å²) < 4.78 is 4.55. The van der Waals surface area contributed by atoms with Crippen LogP contribution in [0.3, 0.4) is 0 Å². The third kappa shape index (κ3) is 3.71. The van der Waals surface area contributed by atoms with Gasteiger partial charge in [-0.25, -0.2) is 0 Å². The van der Waals surface area contributed by atoms with E-state index < -0.39 is 11.4 Å². The number of hydrogen-bond acceptors (Lipinski definition) is 4. The second-order valence-corrected chi connectivity index (χ2v) is 4.73. The number of para-hydroxylation sites is 1. The number of carbonyl (C=O) groups is 2. The molecule has 0 fully saturated rings. The molecule has 0 heterocycles. The van der Waals surface area contributed by atoms with Crippen molar-refractivity contribution >= 4 is 17.6 Å². The molecule has 1 rings (SSSR count). The van der Waals surface area contributed by atoms with Crippen LogP contribution in [-0.4, -0.2) is 30.7 Å². The number of rotatable bonds is 6. The summed E-state index contributed by atoms with van der Waals surface area (Å²) >= 11 is 0. The molecule has 0 spiro atoms. The van der Waals surface area contributed by atoms with Crippen molar-refractivity contribution in [1.82, 2.24) is 0 Å². The lowest BCUT2D eigenvalue weighted by Gasteiger charge is -2.23. The number of esters is 1. The predicted molar refractivity (Wildman–Crippen MR) is 72.2 cm³/mol. The van der Waals surface area contributed by atoms with Gasteiger partial charge in [-0.15, -0.1) is 0 Å². The summed E-state index contributed by atoms with van der Waals surface area (Å²) in [6.45, 7) is 3.70. The van der Waals surface area contributed by atoms with Crippen molar-refractivity contribution in [1.29, 1.82) is 0 Å². The van der Waals surface area contributed by atoms with Crippen LogP contribution < -0.4 is 5.32 Å². The fraction of sp³-hybridized carbons (Fsp3) is 0.429. The number of benzene rings is 1. The second-order valence-electron chi connectivity index (χ2n) is 4.73. The maximum atomic E-state index is 11.3. The lowest BCUT2D eigenvalue weighted by atomic mass is 9.83. The minimum Gasteiger partial charge on any atom is -0.481 e. The van der Waals surface area contributed by atoms with E-state index in [1.807, 2.05) is 6.07 Å². The van der Waals surface area contributed by atoms with Gasteiger partial charge in [0.1, 0.15) is 0 Å². The topological polar surface area (TPSA) is 75.6 Å². The molecule has 0 saturated carbocycles. The molecule has 0 amide bonds. The lowest BCUT2D eigenvalue weighted by molar-refractivity contribution is -0.142. The number of methoxy groups -OCH3 is 1. The molecule has 0 saturated heterocycles. The summed E-state index contributed by atoms with van der Waals surface area (Å²) in [5.74, 6) is -1.20. The van der Waals surface area contributed by atoms with E-state index in [0.29, 0.717) is 12.1 Å². The largest absolute Gasteiger partial charge is 0.481 e. The van der Waals surface area contributed by atoms with Gasteiger partial charge in [-0.1, -0.05) is 18.2 Å². The predicted octanol–water partition coefficient (Wildman–Crippen LogP) is 2.02. The first kappa shape index (κ1) is 15.0. The zero-order chi connectivity index (χ0) is 14.5. The molecular formula is C14H19NO4. The maximum absolute atomic E-state index is 11.3. The number of carboxylic acid groups (broad SMARTS) is 1. The highest BCUT2D eigenvalue weighted by Crippen LogP contribution is 2.30. The fourth-order valence-corrected chi connectivity index (χ4v) is 1.70. The van der Waals surface area contributed by atoms with E-state index in [4.69, 9.17) is 0 Å². The van der Waals surface area contributed by atoms with E-state index >= 15 is 0 Å². The Hall–Kier alpha value is -2.04. The zero-order valence-corrected chi connectivity index (χ0v) is 11.4. The van der Waals surface area contributed by atoms with Gasteiger partial charge >= 0.3 is 11.9 Å². The van der Waals surface area contributed by atoms with Crippen molar-refractivity contribution in [2.45, 2.75) is 25.7 Å². The second kappa shape index (κ2) is 6.22. The van der Waals surface area contributed by atoms with Crippen molar-refractivity contribution in [3.05, 3.63) is 29.8 Å². The van der Waals surface area contributed by atoms with E-state index in [-0.39, 0.29) is 12.4 Å². The molecule has 0 atom stereocenters. The average Bonchev–Trinajstić information content (AvgIpc) is 2.38. The molecule has 19 heavy (non-hydrogen) atoms. The van der Waals surface area contributed by atoms with Gasteiger partial charge in [0.25, 0.3) is 0 Å². The third-order valence-electron chi connectivity index (χ3n) is 3.01. The van der Waals surface area contributed by atoms with Gasteiger partial charge in [0.05, 0.1) is 18.9 Å². The lowest BCUT2D eigenvalue weighted by Crippen LogP contribution is -2.29. The average molecular weight is 265 g/mol. The van der Waals surface area contributed by atoms with Crippen LogP contribution in [0.4, 0.5) is 5.69 Å². The van der Waals surface area contributed by atoms with Crippen LogP contribution in [0.1, 0.15) is 25.8 Å². The smallest absolute Gasteiger partial charge is 0.313 e. The molecule has 2 N–H and O–H groups in total. The van der Waals surface area contributed by atoms with Crippen molar-refractivity contribution in [3.63, 3.8) is 0 Å². The van der Waals surface area contributed by atoms with Crippen molar-refractivity contribution in [2.24, 2.45) is 0 Å². The highest BCUT2D eigenvalue weighted by molar-refractivity contribution is 5.83. The van der Waals surface area contributed by atoms with Gasteiger partial charge in [0, 0.05) is 12.2 Å². The fourth-order valence-electron chi connectivity index (χ4n) is 1.70. The van der Waals surface area contributed by atoms with Crippen LogP contribution >= 0.6 is 0 Å². The van der Waals surface area contributed by atoms with Crippen LogP contribution in [0.5, 0.6) is 0 Å². The molecule has 5 heteroatoms. The Morgan fingerprint density at radius 2 is 1.95 bits per heavy atom. The summed E-state index contributed by atoms with van der Waals surface area (Å²) in [7, 11) is 1.34. The zero-order valence-electron chi connectivity index (χ0n) is 11.4. The highest BCUT2D eigenvalue weighted by atomic mass is 16.5. The van der Waals surface area contributed by atoms with Gasteiger partial charge in [0.15, 0.2) is 0 Å². The number of carbonyl (C=O) groups excluding carboxylic acids is 1. The Morgan fingerprint density at radius 1 is 1.32 bits per heavy atom. The van der Waals surface area contributed by atoms with E-state index in [1.165, 1.54) is 7.11 Å². The Kier molecular flexibility index (Phi) is 4.92.